The molecular formula is C28H25N6NaO10S2. The smallest absolute Gasteiger partial charge is 0.748 e. The summed E-state index contributed by atoms with van der Waals surface area (Å²) in [5, 5.41) is 25.6. The molecule has 0 radical (unpaired) electrons. The third kappa shape index (κ3) is 8.27. The number of β-lactam (4-membered cyclic amide) rings is 1. The third-order valence-corrected chi connectivity index (χ3v) is 9.25. The first-order valence-electron chi connectivity index (χ1n) is 13.6. The number of nitrogens with zero attached hydrogens (tertiary/aromatic N) is 3. The maximum Gasteiger partial charge on any atom is 1.00 e. The van der Waals surface area contributed by atoms with Crippen LogP contribution in [0.25, 0.3) is 0 Å². The number of thioether (sulfide) groups is 1. The molecule has 2 aromatic heterocycles. The van der Waals surface area contributed by atoms with E-state index in [0.29, 0.717) is 16.7 Å². The number of aromatic amines is 1. The summed E-state index contributed by atoms with van der Waals surface area (Å²) in [6, 6.07) is 8.88. The van der Waals surface area contributed by atoms with E-state index in [0.717, 1.165) is 11.1 Å². The van der Waals surface area contributed by atoms with Gasteiger partial charge in [-0.25, -0.2) is 22.8 Å². The summed E-state index contributed by atoms with van der Waals surface area (Å²) < 4.78 is 34.3. The van der Waals surface area contributed by atoms with Crippen LogP contribution in [0.3, 0.4) is 0 Å². The molecule has 2 aliphatic heterocycles. The average Bonchev–Trinajstić information content (AvgIpc) is 3.53. The molecule has 0 bridgehead atoms. The first-order valence-corrected chi connectivity index (χ1v) is 16.2. The minimum Gasteiger partial charge on any atom is -0.748 e. The zero-order chi connectivity index (χ0) is 33.2. The van der Waals surface area contributed by atoms with Crippen molar-refractivity contribution in [3.8, 4) is 0 Å². The number of aromatic carboxylic acids is 1. The van der Waals surface area contributed by atoms with Gasteiger partial charge >= 0.3 is 35.5 Å². The van der Waals surface area contributed by atoms with Crippen LogP contribution in [0.15, 0.2) is 72.3 Å². The second kappa shape index (κ2) is 14.8. The third-order valence-electron chi connectivity index (χ3n) is 7.21. The molecule has 1 saturated heterocycles. The van der Waals surface area contributed by atoms with E-state index in [1.807, 2.05) is 0 Å². The summed E-state index contributed by atoms with van der Waals surface area (Å²) in [5.41, 5.74) is 0.795. The Kier molecular flexibility index (Phi) is 11.3. The normalized spacial score (nSPS) is 17.9. The summed E-state index contributed by atoms with van der Waals surface area (Å²) in [7, 11) is -4.38. The van der Waals surface area contributed by atoms with Crippen LogP contribution in [-0.4, -0.2) is 85.5 Å². The van der Waals surface area contributed by atoms with Gasteiger partial charge in [0.25, 0.3) is 11.8 Å². The Balaban J connectivity index is 0.00000500. The topological polar surface area (TPSA) is 246 Å². The maximum absolute atomic E-state index is 13.5. The maximum atomic E-state index is 13.5. The van der Waals surface area contributed by atoms with Crippen molar-refractivity contribution >= 4 is 51.5 Å². The summed E-state index contributed by atoms with van der Waals surface area (Å²) in [6.45, 7) is 0.0727. The molecule has 1 aromatic carbocycles. The van der Waals surface area contributed by atoms with Gasteiger partial charge < -0.3 is 35.2 Å². The fraction of sp³-hybridized carbons (Fsp3) is 0.250. The van der Waals surface area contributed by atoms with Crippen LogP contribution < -0.4 is 49.9 Å². The monoisotopic (exact) mass is 692 g/mol. The molecule has 3 atom stereocenters. The minimum absolute atomic E-state index is 0. The van der Waals surface area contributed by atoms with Crippen LogP contribution in [0.4, 0.5) is 0 Å². The van der Waals surface area contributed by atoms with Gasteiger partial charge in [-0.05, 0) is 17.5 Å². The van der Waals surface area contributed by atoms with Crippen LogP contribution in [0.2, 0.25) is 0 Å². The van der Waals surface area contributed by atoms with Crippen molar-refractivity contribution in [2.75, 3.05) is 11.5 Å². The second-order valence-electron chi connectivity index (χ2n) is 10.3. The molecular weight excluding hydrogens is 667 g/mol. The van der Waals surface area contributed by atoms with Gasteiger partial charge in [-0.3, -0.25) is 19.3 Å². The number of nitrogens with one attached hydrogen (secondary N) is 3. The molecule has 0 spiro atoms. The van der Waals surface area contributed by atoms with Crippen LogP contribution in [0.5, 0.6) is 0 Å². The van der Waals surface area contributed by atoms with E-state index in [-0.39, 0.29) is 59.7 Å². The van der Waals surface area contributed by atoms with Gasteiger partial charge in [0.2, 0.25) is 11.7 Å². The molecule has 3 aromatic rings. The van der Waals surface area contributed by atoms with Crippen molar-refractivity contribution in [3.63, 3.8) is 0 Å². The zero-order valence-electron chi connectivity index (χ0n) is 24.6. The SMILES string of the molecule is O=C([O-])C1=C(C[n+]2ccc(CCS(=O)(=O)[O-])cc2)CS[C@@H]2[C@H](NC(=O)[C@H](NC(=O)c3cnc(C(=O)O)[nH]3)c3ccccc3)C(=O)N12.[Na+]. The van der Waals surface area contributed by atoms with E-state index in [9.17, 15) is 42.0 Å². The van der Waals surface area contributed by atoms with Crippen molar-refractivity contribution in [3.05, 3.63) is 95.0 Å². The molecule has 4 heterocycles. The first-order chi connectivity index (χ1) is 21.8. The number of amides is 3. The van der Waals surface area contributed by atoms with Crippen molar-refractivity contribution in [1.82, 2.24) is 25.5 Å². The fourth-order valence-corrected chi connectivity index (χ4v) is 6.77. The number of aryl methyl sites for hydroxylation is 1. The molecule has 2 aliphatic rings. The Labute approximate surface area is 293 Å². The number of hydrogen-bond donors (Lipinski definition) is 4. The number of carboxylic acid groups (broad SMARTS) is 2. The van der Waals surface area contributed by atoms with Gasteiger partial charge in [0.1, 0.15) is 23.2 Å². The number of pyridine rings is 1. The van der Waals surface area contributed by atoms with Crippen LogP contribution in [-0.2, 0) is 37.5 Å². The number of carbonyl (C=O) groups is 5. The number of hydrogen-bond acceptors (Lipinski definition) is 11. The summed E-state index contributed by atoms with van der Waals surface area (Å²) in [4.78, 5) is 69.9. The van der Waals surface area contributed by atoms with E-state index in [1.54, 1.807) is 59.4 Å². The van der Waals surface area contributed by atoms with E-state index in [4.69, 9.17) is 5.11 Å². The number of aromatic nitrogens is 3. The van der Waals surface area contributed by atoms with E-state index >= 15 is 0 Å². The van der Waals surface area contributed by atoms with Crippen molar-refractivity contribution in [2.24, 2.45) is 0 Å². The molecule has 3 amide bonds. The zero-order valence-corrected chi connectivity index (χ0v) is 28.2. The summed E-state index contributed by atoms with van der Waals surface area (Å²) in [6.07, 6.45) is 4.21. The molecule has 47 heavy (non-hydrogen) atoms. The molecule has 5 rings (SSSR count). The van der Waals surface area contributed by atoms with Gasteiger partial charge in [-0.2, -0.15) is 0 Å². The molecule has 0 saturated carbocycles. The van der Waals surface area contributed by atoms with Crippen LogP contribution in [0.1, 0.15) is 38.3 Å². The van der Waals surface area contributed by atoms with Gasteiger partial charge in [-0.15, -0.1) is 11.8 Å². The van der Waals surface area contributed by atoms with Gasteiger partial charge in [-0.1, -0.05) is 30.3 Å². The molecule has 4 N–H and O–H groups in total. The van der Waals surface area contributed by atoms with Crippen molar-refractivity contribution in [2.45, 2.75) is 30.4 Å². The number of H-pyrrole nitrogens is 1. The van der Waals surface area contributed by atoms with E-state index in [2.05, 4.69) is 20.6 Å². The number of aliphatic carboxylic acids is 1. The minimum atomic E-state index is -4.38. The number of imidazole rings is 1. The largest absolute Gasteiger partial charge is 1.00 e. The second-order valence-corrected chi connectivity index (χ2v) is 12.9. The van der Waals surface area contributed by atoms with Gasteiger partial charge in [0, 0.05) is 29.2 Å². The van der Waals surface area contributed by atoms with Crippen molar-refractivity contribution < 1.29 is 81.3 Å². The van der Waals surface area contributed by atoms with E-state index < -0.39 is 68.8 Å². The predicted molar refractivity (Wildman–Crippen MR) is 154 cm³/mol. The Hall–Kier alpha value is -4.07. The Morgan fingerprint density at radius 2 is 1.83 bits per heavy atom. The fourth-order valence-electron chi connectivity index (χ4n) is 4.95. The van der Waals surface area contributed by atoms with Gasteiger partial charge in [0.15, 0.2) is 18.9 Å². The Morgan fingerprint density at radius 1 is 1.15 bits per heavy atom. The molecule has 19 heteroatoms. The number of fused-ring (bicyclic) bond motifs is 1. The van der Waals surface area contributed by atoms with Gasteiger partial charge in [0.05, 0.1) is 28.0 Å². The molecule has 1 fully saturated rings. The van der Waals surface area contributed by atoms with Crippen LogP contribution in [0, 0.1) is 0 Å². The average molecular weight is 693 g/mol. The van der Waals surface area contributed by atoms with Crippen LogP contribution >= 0.6 is 11.8 Å². The molecule has 0 aliphatic carbocycles. The number of rotatable bonds is 12. The Morgan fingerprint density at radius 3 is 2.43 bits per heavy atom. The molecule has 16 nitrogen and oxygen atoms in total. The summed E-state index contributed by atoms with van der Waals surface area (Å²) >= 11 is 1.22. The first kappa shape index (κ1) is 35.8. The summed E-state index contributed by atoms with van der Waals surface area (Å²) in [5.74, 6) is -6.10. The van der Waals surface area contributed by atoms with Crippen molar-refractivity contribution in [1.29, 1.82) is 0 Å². The molecule has 0 unspecified atom stereocenters. The quantitative estimate of drug-likeness (QED) is 0.0604. The predicted octanol–water partition coefficient (Wildman–Crippen LogP) is -4.94. The number of carboxylic acids is 2. The molecule has 240 valence electrons. The Bertz CT molecular complexity index is 1850. The van der Waals surface area contributed by atoms with E-state index in [1.165, 1.54) is 11.8 Å². The number of benzene rings is 1. The standard InChI is InChI=1S/C28H26N6O10S2.Na/c35-23(18-12-29-22(30-18)28(40)41)31-19(16-4-2-1-3-5-16)24(36)32-20-25(37)34-21(27(38)39)17(14-45-26(20)34)13-33-9-6-15(7-10-33)8-11-46(42,43)44;/h1-7,9-10,12,19-20,26H,8,11,13-14H2,(H5-,29,30,31,32,35,36,38,39,40,41,42,43,44);/q;+1/p-1/t19-,20-,26-;/m1./s1. The number of carbonyl (C=O) groups excluding carboxylic acids is 4.